The first kappa shape index (κ1) is 32.4. The molecule has 4 atom stereocenters. The van der Waals surface area contributed by atoms with Crippen LogP contribution >= 0.6 is 0 Å². The van der Waals surface area contributed by atoms with E-state index in [0.29, 0.717) is 30.6 Å². The van der Waals surface area contributed by atoms with Crippen LogP contribution in [0.5, 0.6) is 0 Å². The van der Waals surface area contributed by atoms with Gasteiger partial charge in [-0.05, 0) is 42.9 Å². The highest BCUT2D eigenvalue weighted by atomic mass is 16.2. The highest BCUT2D eigenvalue weighted by Gasteiger charge is 2.30. The highest BCUT2D eigenvalue weighted by Crippen LogP contribution is 2.23. The molecule has 0 radical (unpaired) electrons. The number of allylic oxidation sites excluding steroid dienone is 1. The van der Waals surface area contributed by atoms with Crippen molar-refractivity contribution >= 4 is 40.6 Å². The van der Waals surface area contributed by atoms with Crippen LogP contribution in [0.4, 0.5) is 0 Å². The third-order valence-electron chi connectivity index (χ3n) is 7.75. The van der Waals surface area contributed by atoms with E-state index < -0.39 is 24.0 Å². The van der Waals surface area contributed by atoms with Crippen LogP contribution in [0.2, 0.25) is 0 Å². The second-order valence-electron chi connectivity index (χ2n) is 11.2. The van der Waals surface area contributed by atoms with E-state index in [1.54, 1.807) is 18.1 Å². The number of aromatic nitrogens is 1. The van der Waals surface area contributed by atoms with Gasteiger partial charge in [-0.2, -0.15) is 0 Å². The summed E-state index contributed by atoms with van der Waals surface area (Å²) in [5.74, 6) is 6.66. The first-order valence-corrected chi connectivity index (χ1v) is 14.8. The van der Waals surface area contributed by atoms with Crippen LogP contribution in [0.3, 0.4) is 0 Å². The standard InChI is InChI=1S/C35H35N5O5/c1-23(2)34(40-35(45)29-13-12-25-10-6-7-11-28(25)38-29)33(22-44)39-30(18-24-8-4-3-5-9-24)32(21-43)37-27(15-17-41)19-26-14-16-36-31(26)20-42/h3-13,15,23,26-27,30,34,36-37,39H,14,16,18-19H2,1-2H3,(H,40,45)/t26-,27+,30-,34-/m0/s1. The monoisotopic (exact) mass is 605 g/mol. The Kier molecular flexibility index (Phi) is 11.4. The molecule has 1 fully saturated rings. The van der Waals surface area contributed by atoms with E-state index in [1.165, 1.54) is 6.08 Å². The number of para-hydroxylation sites is 1. The van der Waals surface area contributed by atoms with Crippen LogP contribution in [-0.4, -0.2) is 59.3 Å². The van der Waals surface area contributed by atoms with Crippen LogP contribution in [0.1, 0.15) is 42.7 Å². The van der Waals surface area contributed by atoms with Gasteiger partial charge in [-0.15, -0.1) is 0 Å². The minimum atomic E-state index is -0.816. The number of rotatable bonds is 14. The number of carbonyl (C=O) groups excluding carboxylic acids is 5. The number of carbonyl (C=O) groups is 1. The summed E-state index contributed by atoms with van der Waals surface area (Å²) in [6.45, 7) is 4.29. The van der Waals surface area contributed by atoms with Crippen molar-refractivity contribution in [3.8, 4) is 0 Å². The predicted octanol–water partition coefficient (Wildman–Crippen LogP) is 2.68. The molecule has 1 aromatic heterocycles. The molecule has 2 heterocycles. The van der Waals surface area contributed by atoms with Gasteiger partial charge in [-0.25, -0.2) is 24.2 Å². The molecule has 1 aliphatic heterocycles. The maximum absolute atomic E-state index is 13.3. The third kappa shape index (κ3) is 8.55. The Morgan fingerprint density at radius 3 is 2.36 bits per heavy atom. The zero-order valence-corrected chi connectivity index (χ0v) is 25.1. The lowest BCUT2D eigenvalue weighted by atomic mass is 9.95. The summed E-state index contributed by atoms with van der Waals surface area (Å²) in [5, 5.41) is 13.0. The van der Waals surface area contributed by atoms with E-state index in [1.807, 2.05) is 86.3 Å². The van der Waals surface area contributed by atoms with Gasteiger partial charge in [-0.3, -0.25) is 4.79 Å². The molecule has 230 valence electrons. The summed E-state index contributed by atoms with van der Waals surface area (Å²) in [5.41, 5.74) is 2.20. The summed E-state index contributed by atoms with van der Waals surface area (Å²) < 4.78 is 0. The molecular formula is C35H35N5O5. The molecule has 3 aromatic rings. The highest BCUT2D eigenvalue weighted by molar-refractivity contribution is 5.95. The summed E-state index contributed by atoms with van der Waals surface area (Å²) in [7, 11) is 0. The summed E-state index contributed by atoms with van der Waals surface area (Å²) >= 11 is 0. The average Bonchev–Trinajstić information content (AvgIpc) is 3.51. The molecule has 2 aromatic carbocycles. The van der Waals surface area contributed by atoms with Gasteiger partial charge in [-0.1, -0.05) is 68.4 Å². The van der Waals surface area contributed by atoms with Crippen molar-refractivity contribution in [1.82, 2.24) is 26.3 Å². The molecule has 0 spiro atoms. The maximum atomic E-state index is 13.3. The van der Waals surface area contributed by atoms with E-state index in [2.05, 4.69) is 26.3 Å². The number of amides is 1. The minimum absolute atomic E-state index is 0.0308. The molecular weight excluding hydrogens is 570 g/mol. The summed E-state index contributed by atoms with van der Waals surface area (Å²) in [6, 6.07) is 17.9. The molecule has 4 rings (SSSR count). The van der Waals surface area contributed by atoms with E-state index in [9.17, 15) is 24.0 Å². The van der Waals surface area contributed by atoms with Crippen molar-refractivity contribution in [3.63, 3.8) is 0 Å². The molecule has 45 heavy (non-hydrogen) atoms. The van der Waals surface area contributed by atoms with Crippen LogP contribution in [0.15, 0.2) is 89.9 Å². The number of nitrogens with one attached hydrogen (secondary N) is 4. The Morgan fingerprint density at radius 2 is 1.67 bits per heavy atom. The van der Waals surface area contributed by atoms with Gasteiger partial charge in [0.15, 0.2) is 0 Å². The van der Waals surface area contributed by atoms with Crippen molar-refractivity contribution in [2.45, 2.75) is 51.2 Å². The minimum Gasteiger partial charge on any atom is -0.379 e. The van der Waals surface area contributed by atoms with Crippen LogP contribution < -0.4 is 21.3 Å². The van der Waals surface area contributed by atoms with Gasteiger partial charge in [0, 0.05) is 23.9 Å². The topological polar surface area (TPSA) is 146 Å². The molecule has 1 saturated heterocycles. The predicted molar refractivity (Wildman–Crippen MR) is 170 cm³/mol. The van der Waals surface area contributed by atoms with E-state index >= 15 is 0 Å². The Balaban J connectivity index is 1.59. The SMILES string of the molecule is CC(C)[C@H](NC(=O)c1ccc2ccccc2n1)C(=C=O)N[C@@H](Cc1ccccc1)C(=C=O)N[C@H](C=C=O)C[C@@H]1CCNC1=C=O. The number of pyridine rings is 1. The number of fused-ring (bicyclic) bond motifs is 1. The van der Waals surface area contributed by atoms with Crippen molar-refractivity contribution in [2.24, 2.45) is 11.8 Å². The second-order valence-corrected chi connectivity index (χ2v) is 11.2. The summed E-state index contributed by atoms with van der Waals surface area (Å²) in [4.78, 5) is 65.4. The van der Waals surface area contributed by atoms with Gasteiger partial charge in [0.25, 0.3) is 5.91 Å². The first-order chi connectivity index (χ1) is 21.9. The first-order valence-electron chi connectivity index (χ1n) is 14.8. The largest absolute Gasteiger partial charge is 0.379 e. The van der Waals surface area contributed by atoms with Crippen molar-refractivity contribution in [1.29, 1.82) is 0 Å². The van der Waals surface area contributed by atoms with Gasteiger partial charge in [0.2, 0.25) is 0 Å². The van der Waals surface area contributed by atoms with Crippen molar-refractivity contribution in [2.75, 3.05) is 6.54 Å². The third-order valence-corrected chi connectivity index (χ3v) is 7.75. The molecule has 10 nitrogen and oxygen atoms in total. The summed E-state index contributed by atoms with van der Waals surface area (Å²) in [6.07, 6.45) is 2.51. The second kappa shape index (κ2) is 15.8. The lowest BCUT2D eigenvalue weighted by molar-refractivity contribution is 0.0927. The average molecular weight is 606 g/mol. The smallest absolute Gasteiger partial charge is 0.270 e. The molecule has 0 aliphatic carbocycles. The zero-order valence-electron chi connectivity index (χ0n) is 25.1. The fourth-order valence-corrected chi connectivity index (χ4v) is 5.41. The van der Waals surface area contributed by atoms with E-state index in [0.717, 1.165) is 10.9 Å². The maximum Gasteiger partial charge on any atom is 0.270 e. The molecule has 10 heteroatoms. The van der Waals surface area contributed by atoms with Crippen molar-refractivity contribution < 1.29 is 24.0 Å². The van der Waals surface area contributed by atoms with E-state index in [4.69, 9.17) is 0 Å². The zero-order chi connectivity index (χ0) is 32.2. The van der Waals surface area contributed by atoms with E-state index in [-0.39, 0.29) is 35.3 Å². The Labute approximate surface area is 261 Å². The molecule has 4 N–H and O–H groups in total. The molecule has 1 aliphatic rings. The fourth-order valence-electron chi connectivity index (χ4n) is 5.41. The number of hydrogen-bond acceptors (Lipinski definition) is 9. The van der Waals surface area contributed by atoms with Crippen molar-refractivity contribution in [3.05, 3.63) is 101 Å². The van der Waals surface area contributed by atoms with Crippen LogP contribution in [0, 0.1) is 11.8 Å². The number of hydrogen-bond donors (Lipinski definition) is 4. The number of nitrogens with zero attached hydrogens (tertiary/aromatic N) is 1. The number of benzene rings is 2. The van der Waals surface area contributed by atoms with Gasteiger partial charge in [0.05, 0.1) is 29.3 Å². The quantitative estimate of drug-likeness (QED) is 0.204. The molecule has 0 unspecified atom stereocenters. The Morgan fingerprint density at radius 1 is 0.933 bits per heavy atom. The van der Waals surface area contributed by atoms with Crippen LogP contribution in [-0.2, 0) is 25.6 Å². The normalized spacial score (nSPS) is 15.7. The lowest BCUT2D eigenvalue weighted by Crippen LogP contribution is -2.49. The Hall–Kier alpha value is -5.48. The molecule has 1 amide bonds. The fraction of sp³-hybridized carbons (Fsp3) is 0.314. The molecule has 0 saturated carbocycles. The Bertz CT molecular complexity index is 1710. The van der Waals surface area contributed by atoms with Gasteiger partial charge >= 0.3 is 0 Å². The van der Waals surface area contributed by atoms with Gasteiger partial charge in [0.1, 0.15) is 40.9 Å². The van der Waals surface area contributed by atoms with Gasteiger partial charge < -0.3 is 21.3 Å². The van der Waals surface area contributed by atoms with Crippen LogP contribution in [0.25, 0.3) is 10.9 Å². The lowest BCUT2D eigenvalue weighted by Gasteiger charge is -2.29. The molecule has 0 bridgehead atoms.